The number of hydrogen-bond acceptors (Lipinski definition) is 6. The highest BCUT2D eigenvalue weighted by molar-refractivity contribution is 7.87. The first-order chi connectivity index (χ1) is 11.9. The zero-order valence-electron chi connectivity index (χ0n) is 13.6. The van der Waals surface area contributed by atoms with Crippen molar-refractivity contribution in [3.8, 4) is 17.6 Å². The largest absolute Gasteiger partial charge is 0.493 e. The third kappa shape index (κ3) is 3.25. The van der Waals surface area contributed by atoms with Gasteiger partial charge in [0.2, 0.25) is 0 Å². The molecule has 3 aromatic rings. The second-order valence-corrected chi connectivity index (χ2v) is 6.87. The topological polar surface area (TPSA) is 89.3 Å². The van der Waals surface area contributed by atoms with Gasteiger partial charge in [-0.25, -0.2) is 0 Å². The van der Waals surface area contributed by atoms with Gasteiger partial charge < -0.3 is 8.92 Å². The van der Waals surface area contributed by atoms with Crippen molar-refractivity contribution >= 4 is 21.0 Å². The molecule has 2 aromatic carbocycles. The number of para-hydroxylation sites is 1. The summed E-state index contributed by atoms with van der Waals surface area (Å²) in [4.78, 5) is 4.19. The molecule has 0 aliphatic rings. The molecule has 1 heterocycles. The highest BCUT2D eigenvalue weighted by Gasteiger charge is 2.22. The normalized spacial score (nSPS) is 11.1. The molecular formula is C18H14N2O4S. The Morgan fingerprint density at radius 2 is 1.92 bits per heavy atom. The first-order valence-electron chi connectivity index (χ1n) is 7.32. The molecule has 0 amide bonds. The van der Waals surface area contributed by atoms with E-state index in [9.17, 15) is 8.42 Å². The van der Waals surface area contributed by atoms with Crippen LogP contribution >= 0.6 is 0 Å². The number of ether oxygens (including phenoxy) is 1. The van der Waals surface area contributed by atoms with Gasteiger partial charge in [0.25, 0.3) is 0 Å². The highest BCUT2D eigenvalue weighted by atomic mass is 32.2. The van der Waals surface area contributed by atoms with Crippen LogP contribution in [0.3, 0.4) is 0 Å². The lowest BCUT2D eigenvalue weighted by Gasteiger charge is -2.12. The molecule has 6 nitrogen and oxygen atoms in total. The molecule has 0 saturated carbocycles. The second-order valence-electron chi connectivity index (χ2n) is 5.36. The molecule has 0 aliphatic heterocycles. The molecule has 0 N–H and O–H groups in total. The maximum absolute atomic E-state index is 12.7. The molecule has 25 heavy (non-hydrogen) atoms. The van der Waals surface area contributed by atoms with Gasteiger partial charge in [-0.1, -0.05) is 12.1 Å². The Kier molecular flexibility index (Phi) is 4.30. The molecule has 0 aliphatic carbocycles. The van der Waals surface area contributed by atoms with Gasteiger partial charge in [-0.2, -0.15) is 13.7 Å². The predicted octanol–water partition coefficient (Wildman–Crippen LogP) is 3.19. The van der Waals surface area contributed by atoms with Crippen LogP contribution in [0.25, 0.3) is 10.9 Å². The molecule has 3 rings (SSSR count). The lowest BCUT2D eigenvalue weighted by Crippen LogP contribution is -2.11. The van der Waals surface area contributed by atoms with E-state index in [0.717, 1.165) is 5.56 Å². The summed E-state index contributed by atoms with van der Waals surface area (Å²) in [6, 6.07) is 12.9. The van der Waals surface area contributed by atoms with Crippen LogP contribution in [0.1, 0.15) is 11.1 Å². The van der Waals surface area contributed by atoms with Gasteiger partial charge in [0.15, 0.2) is 11.5 Å². The van der Waals surface area contributed by atoms with Crippen LogP contribution < -0.4 is 8.92 Å². The highest BCUT2D eigenvalue weighted by Crippen LogP contribution is 2.32. The summed E-state index contributed by atoms with van der Waals surface area (Å²) in [5.74, 6) is 0.164. The Labute approximate surface area is 145 Å². The molecule has 0 fully saturated rings. The van der Waals surface area contributed by atoms with Crippen LogP contribution in [0.4, 0.5) is 0 Å². The first kappa shape index (κ1) is 16.7. The van der Waals surface area contributed by atoms with Crippen molar-refractivity contribution in [3.05, 3.63) is 59.8 Å². The minimum absolute atomic E-state index is 0.00520. The molecule has 7 heteroatoms. The number of aromatic nitrogens is 1. The summed E-state index contributed by atoms with van der Waals surface area (Å²) in [6.07, 6.45) is 1.60. The summed E-state index contributed by atoms with van der Waals surface area (Å²) < 4.78 is 35.8. The van der Waals surface area contributed by atoms with Crippen molar-refractivity contribution in [1.29, 1.82) is 5.26 Å². The van der Waals surface area contributed by atoms with E-state index >= 15 is 0 Å². The van der Waals surface area contributed by atoms with E-state index in [0.29, 0.717) is 16.5 Å². The average Bonchev–Trinajstić information content (AvgIpc) is 2.61. The Hall–Kier alpha value is -3.11. The smallest absolute Gasteiger partial charge is 0.341 e. The van der Waals surface area contributed by atoms with Crippen molar-refractivity contribution < 1.29 is 17.3 Å². The SMILES string of the molecule is COc1cc(C#N)ccc1OS(=O)(=O)c1cccc2cc(C)cnc12. The van der Waals surface area contributed by atoms with E-state index in [2.05, 4.69) is 4.98 Å². The van der Waals surface area contributed by atoms with Crippen LogP contribution in [0.5, 0.6) is 11.5 Å². The predicted molar refractivity (Wildman–Crippen MR) is 92.0 cm³/mol. The standard InChI is InChI=1S/C18H14N2O4S/c1-12-8-14-4-3-5-17(18(14)20-11-12)25(21,22)24-15-7-6-13(10-19)9-16(15)23-2/h3-9,11H,1-2H3. The Balaban J connectivity index is 2.08. The average molecular weight is 354 g/mol. The molecular weight excluding hydrogens is 340 g/mol. The fourth-order valence-corrected chi connectivity index (χ4v) is 3.53. The maximum atomic E-state index is 12.7. The quantitative estimate of drug-likeness (QED) is 0.669. The molecule has 0 bridgehead atoms. The van der Waals surface area contributed by atoms with Gasteiger partial charge in [-0.15, -0.1) is 0 Å². The number of rotatable bonds is 4. The lowest BCUT2D eigenvalue weighted by atomic mass is 10.2. The third-order valence-electron chi connectivity index (χ3n) is 3.57. The van der Waals surface area contributed by atoms with Gasteiger partial charge in [0, 0.05) is 17.6 Å². The maximum Gasteiger partial charge on any atom is 0.341 e. The number of nitrogens with zero attached hydrogens (tertiary/aromatic N) is 2. The van der Waals surface area contributed by atoms with Crippen molar-refractivity contribution in [2.75, 3.05) is 7.11 Å². The van der Waals surface area contributed by atoms with Gasteiger partial charge in [0.1, 0.15) is 4.90 Å². The number of hydrogen-bond donors (Lipinski definition) is 0. The first-order valence-corrected chi connectivity index (χ1v) is 8.73. The minimum Gasteiger partial charge on any atom is -0.493 e. The molecule has 0 radical (unpaired) electrons. The number of benzene rings is 2. The van der Waals surface area contributed by atoms with Crippen LogP contribution in [0.15, 0.2) is 53.6 Å². The van der Waals surface area contributed by atoms with Gasteiger partial charge in [-0.3, -0.25) is 4.98 Å². The zero-order valence-corrected chi connectivity index (χ0v) is 14.4. The summed E-state index contributed by atoms with van der Waals surface area (Å²) in [5, 5.41) is 9.63. The Morgan fingerprint density at radius 1 is 1.12 bits per heavy atom. The summed E-state index contributed by atoms with van der Waals surface area (Å²) >= 11 is 0. The number of methoxy groups -OCH3 is 1. The zero-order chi connectivity index (χ0) is 18.0. The van der Waals surface area contributed by atoms with E-state index in [1.807, 2.05) is 19.1 Å². The van der Waals surface area contributed by atoms with Crippen LogP contribution in [0, 0.1) is 18.3 Å². The molecule has 1 aromatic heterocycles. The van der Waals surface area contributed by atoms with E-state index in [4.69, 9.17) is 14.2 Å². The summed E-state index contributed by atoms with van der Waals surface area (Å²) in [6.45, 7) is 1.88. The van der Waals surface area contributed by atoms with Gasteiger partial charge in [0.05, 0.1) is 24.3 Å². The lowest BCUT2D eigenvalue weighted by molar-refractivity contribution is 0.390. The van der Waals surface area contributed by atoms with Gasteiger partial charge >= 0.3 is 10.1 Å². The summed E-state index contributed by atoms with van der Waals surface area (Å²) in [5.41, 5.74) is 1.60. The van der Waals surface area contributed by atoms with Crippen LogP contribution in [-0.4, -0.2) is 20.5 Å². The third-order valence-corrected chi connectivity index (χ3v) is 4.84. The van der Waals surface area contributed by atoms with Gasteiger partial charge in [-0.05, 0) is 36.8 Å². The second kappa shape index (κ2) is 6.42. The van der Waals surface area contributed by atoms with Crippen molar-refractivity contribution in [2.24, 2.45) is 0 Å². The van der Waals surface area contributed by atoms with E-state index in [-0.39, 0.29) is 16.4 Å². The van der Waals surface area contributed by atoms with Crippen LogP contribution in [-0.2, 0) is 10.1 Å². The Bertz CT molecular complexity index is 1100. The number of pyridine rings is 1. The van der Waals surface area contributed by atoms with E-state index in [1.54, 1.807) is 18.3 Å². The Morgan fingerprint density at radius 3 is 2.64 bits per heavy atom. The molecule has 0 unspecified atom stereocenters. The number of nitriles is 1. The number of aryl methyl sites for hydroxylation is 1. The van der Waals surface area contributed by atoms with E-state index < -0.39 is 10.1 Å². The van der Waals surface area contributed by atoms with Crippen molar-refractivity contribution in [1.82, 2.24) is 4.98 Å². The van der Waals surface area contributed by atoms with E-state index in [1.165, 1.54) is 31.4 Å². The fourth-order valence-electron chi connectivity index (χ4n) is 2.41. The van der Waals surface area contributed by atoms with Crippen LogP contribution in [0.2, 0.25) is 0 Å². The summed E-state index contributed by atoms with van der Waals surface area (Å²) in [7, 11) is -2.76. The molecule has 126 valence electrons. The minimum atomic E-state index is -4.13. The molecule has 0 saturated heterocycles. The number of fused-ring (bicyclic) bond motifs is 1. The molecule has 0 atom stereocenters. The fraction of sp³-hybridized carbons (Fsp3) is 0.111. The monoisotopic (exact) mass is 354 g/mol. The van der Waals surface area contributed by atoms with Crippen molar-refractivity contribution in [3.63, 3.8) is 0 Å². The van der Waals surface area contributed by atoms with Crippen molar-refractivity contribution in [2.45, 2.75) is 11.8 Å². The molecule has 0 spiro atoms.